The van der Waals surface area contributed by atoms with Gasteiger partial charge in [0.05, 0.1) is 4.92 Å². The molecule has 0 aliphatic heterocycles. The van der Waals surface area contributed by atoms with Crippen LogP contribution in [0.15, 0.2) is 23.6 Å². The highest BCUT2D eigenvalue weighted by Crippen LogP contribution is 2.13. The molecule has 0 fully saturated rings. The molecular weight excluding hydrogens is 260 g/mol. The van der Waals surface area contributed by atoms with Crippen molar-refractivity contribution in [3.63, 3.8) is 0 Å². The predicted octanol–water partition coefficient (Wildman–Crippen LogP) is 1.26. The number of nitrogens with one attached hydrogen (secondary N) is 2. The van der Waals surface area contributed by atoms with Crippen LogP contribution in [0.3, 0.4) is 0 Å². The quantitative estimate of drug-likeness (QED) is 0.422. The fraction of sp³-hybridized carbons (Fsp3) is 0.444. The van der Waals surface area contributed by atoms with E-state index >= 15 is 0 Å². The molecular formula is C9H14N4O2S2. The molecule has 0 aliphatic carbocycles. The van der Waals surface area contributed by atoms with Gasteiger partial charge in [-0.15, -0.1) is 11.3 Å². The standard InChI is InChI=1S/C9H14N4O2S2/c1-10-8(6-13(14)15)11-2-4-16-7-9-12-3-5-17-9/h3,5-6,10-11H,2,4,7H2,1H3. The Hall–Kier alpha value is -1.28. The van der Waals surface area contributed by atoms with Crippen molar-refractivity contribution >= 4 is 23.1 Å². The zero-order valence-corrected chi connectivity index (χ0v) is 11.0. The molecule has 1 aromatic rings. The van der Waals surface area contributed by atoms with Gasteiger partial charge in [-0.2, -0.15) is 11.8 Å². The van der Waals surface area contributed by atoms with Gasteiger partial charge in [0.15, 0.2) is 5.82 Å². The van der Waals surface area contributed by atoms with Crippen LogP contribution in [0.2, 0.25) is 0 Å². The number of nitro groups is 1. The molecule has 17 heavy (non-hydrogen) atoms. The smallest absolute Gasteiger partial charge is 0.274 e. The maximum absolute atomic E-state index is 10.2. The summed E-state index contributed by atoms with van der Waals surface area (Å²) in [5.74, 6) is 2.17. The Kier molecular flexibility index (Phi) is 6.41. The molecule has 8 heteroatoms. The van der Waals surface area contributed by atoms with Gasteiger partial charge in [-0.1, -0.05) is 0 Å². The molecule has 1 heterocycles. The highest BCUT2D eigenvalue weighted by molar-refractivity contribution is 7.98. The Labute approximate surface area is 108 Å². The first-order chi connectivity index (χ1) is 8.22. The van der Waals surface area contributed by atoms with Crippen LogP contribution < -0.4 is 10.6 Å². The summed E-state index contributed by atoms with van der Waals surface area (Å²) >= 11 is 3.38. The van der Waals surface area contributed by atoms with E-state index in [1.807, 2.05) is 5.38 Å². The van der Waals surface area contributed by atoms with Crippen LogP contribution in [0.1, 0.15) is 5.01 Å². The van der Waals surface area contributed by atoms with Crippen LogP contribution in [0, 0.1) is 10.1 Å². The summed E-state index contributed by atoms with van der Waals surface area (Å²) in [6.45, 7) is 0.677. The third kappa shape index (κ3) is 6.12. The lowest BCUT2D eigenvalue weighted by Gasteiger charge is -2.06. The van der Waals surface area contributed by atoms with Crippen molar-refractivity contribution in [2.24, 2.45) is 0 Å². The van der Waals surface area contributed by atoms with Crippen molar-refractivity contribution in [2.45, 2.75) is 5.75 Å². The lowest BCUT2D eigenvalue weighted by Crippen LogP contribution is -2.26. The van der Waals surface area contributed by atoms with Crippen molar-refractivity contribution in [2.75, 3.05) is 19.3 Å². The predicted molar refractivity (Wildman–Crippen MR) is 70.4 cm³/mol. The van der Waals surface area contributed by atoms with Crippen LogP contribution in [-0.2, 0) is 5.75 Å². The van der Waals surface area contributed by atoms with Crippen molar-refractivity contribution in [3.8, 4) is 0 Å². The fourth-order valence-electron chi connectivity index (χ4n) is 1.05. The Balaban J connectivity index is 2.13. The van der Waals surface area contributed by atoms with Gasteiger partial charge in [0.2, 0.25) is 0 Å². The van der Waals surface area contributed by atoms with Crippen molar-refractivity contribution < 1.29 is 4.92 Å². The number of nitrogens with zero attached hydrogens (tertiary/aromatic N) is 2. The van der Waals surface area contributed by atoms with E-state index in [0.29, 0.717) is 12.4 Å². The van der Waals surface area contributed by atoms with E-state index in [0.717, 1.165) is 22.7 Å². The lowest BCUT2D eigenvalue weighted by molar-refractivity contribution is -0.404. The Bertz CT molecular complexity index is 367. The van der Waals surface area contributed by atoms with Gasteiger partial charge < -0.3 is 10.6 Å². The average molecular weight is 274 g/mol. The largest absolute Gasteiger partial charge is 0.370 e. The summed E-state index contributed by atoms with van der Waals surface area (Å²) in [7, 11) is 1.64. The van der Waals surface area contributed by atoms with E-state index in [-0.39, 0.29) is 0 Å². The van der Waals surface area contributed by atoms with E-state index in [2.05, 4.69) is 15.6 Å². The van der Waals surface area contributed by atoms with Crippen molar-refractivity contribution in [3.05, 3.63) is 38.7 Å². The number of thioether (sulfide) groups is 1. The van der Waals surface area contributed by atoms with Crippen molar-refractivity contribution in [1.82, 2.24) is 15.6 Å². The molecule has 0 radical (unpaired) electrons. The van der Waals surface area contributed by atoms with Gasteiger partial charge in [0, 0.05) is 36.7 Å². The van der Waals surface area contributed by atoms with Gasteiger partial charge in [-0.05, 0) is 0 Å². The zero-order valence-electron chi connectivity index (χ0n) is 9.38. The number of rotatable bonds is 8. The highest BCUT2D eigenvalue weighted by Gasteiger charge is 1.99. The molecule has 0 atom stereocenters. The number of hydrogen-bond acceptors (Lipinski definition) is 7. The average Bonchev–Trinajstić information content (AvgIpc) is 2.79. The van der Waals surface area contributed by atoms with E-state index in [9.17, 15) is 10.1 Å². The summed E-state index contributed by atoms with van der Waals surface area (Å²) in [6, 6.07) is 0. The molecule has 0 bridgehead atoms. The van der Waals surface area contributed by atoms with Crippen LogP contribution in [-0.4, -0.2) is 29.3 Å². The van der Waals surface area contributed by atoms with Crippen LogP contribution >= 0.6 is 23.1 Å². The Morgan fingerprint density at radius 1 is 1.76 bits per heavy atom. The number of thiazole rings is 1. The van der Waals surface area contributed by atoms with Gasteiger partial charge in [0.25, 0.3) is 6.20 Å². The van der Waals surface area contributed by atoms with Crippen molar-refractivity contribution in [1.29, 1.82) is 0 Å². The summed E-state index contributed by atoms with van der Waals surface area (Å²) in [5.41, 5.74) is 0. The third-order valence-corrected chi connectivity index (χ3v) is 3.71. The molecule has 1 rings (SSSR count). The van der Waals surface area contributed by atoms with Gasteiger partial charge in [-0.25, -0.2) is 4.98 Å². The molecule has 6 nitrogen and oxygen atoms in total. The van der Waals surface area contributed by atoms with Gasteiger partial charge in [0.1, 0.15) is 5.01 Å². The van der Waals surface area contributed by atoms with Gasteiger partial charge >= 0.3 is 0 Å². The SMILES string of the molecule is CNC(=C[N+](=O)[O-])NCCSCc1nccs1. The molecule has 2 N–H and O–H groups in total. The lowest BCUT2D eigenvalue weighted by atomic mass is 10.6. The first kappa shape index (κ1) is 13.8. The second-order valence-electron chi connectivity index (χ2n) is 2.98. The topological polar surface area (TPSA) is 80.1 Å². The molecule has 0 saturated carbocycles. The van der Waals surface area contributed by atoms with E-state index in [4.69, 9.17) is 0 Å². The molecule has 0 aromatic carbocycles. The number of aromatic nitrogens is 1. The molecule has 0 amide bonds. The molecule has 0 saturated heterocycles. The Morgan fingerprint density at radius 3 is 3.18 bits per heavy atom. The summed E-state index contributed by atoms with van der Waals surface area (Å²) in [5, 5.41) is 19.0. The van der Waals surface area contributed by atoms with E-state index in [1.54, 1.807) is 36.3 Å². The zero-order chi connectivity index (χ0) is 12.5. The minimum absolute atomic E-state index is 0.421. The fourth-order valence-corrected chi connectivity index (χ4v) is 2.61. The summed E-state index contributed by atoms with van der Waals surface area (Å²) < 4.78 is 0. The maximum atomic E-state index is 10.2. The number of hydrogen-bond donors (Lipinski definition) is 2. The molecule has 1 aromatic heterocycles. The highest BCUT2D eigenvalue weighted by atomic mass is 32.2. The second-order valence-corrected chi connectivity index (χ2v) is 5.07. The molecule has 94 valence electrons. The monoisotopic (exact) mass is 274 g/mol. The van der Waals surface area contributed by atoms with Crippen LogP contribution in [0.4, 0.5) is 0 Å². The normalized spacial score (nSPS) is 11.2. The second kappa shape index (κ2) is 7.91. The van der Waals surface area contributed by atoms with Gasteiger partial charge in [-0.3, -0.25) is 10.1 Å². The first-order valence-electron chi connectivity index (χ1n) is 4.95. The van der Waals surface area contributed by atoms with Crippen LogP contribution in [0.5, 0.6) is 0 Å². The third-order valence-electron chi connectivity index (χ3n) is 1.77. The minimum atomic E-state index is -0.485. The Morgan fingerprint density at radius 2 is 2.59 bits per heavy atom. The summed E-state index contributed by atoms with van der Waals surface area (Å²) in [6.07, 6.45) is 2.71. The first-order valence-corrected chi connectivity index (χ1v) is 6.99. The van der Waals surface area contributed by atoms with Crippen LogP contribution in [0.25, 0.3) is 0 Å². The van der Waals surface area contributed by atoms with E-state index < -0.39 is 4.92 Å². The molecule has 0 unspecified atom stereocenters. The maximum Gasteiger partial charge on any atom is 0.274 e. The molecule has 0 spiro atoms. The van der Waals surface area contributed by atoms with E-state index in [1.165, 1.54) is 0 Å². The summed E-state index contributed by atoms with van der Waals surface area (Å²) in [4.78, 5) is 13.9. The minimum Gasteiger partial charge on any atom is -0.370 e. The molecule has 0 aliphatic rings.